The summed E-state index contributed by atoms with van der Waals surface area (Å²) in [7, 11) is 1.83. The zero-order valence-corrected chi connectivity index (χ0v) is 12.8. The Labute approximate surface area is 131 Å². The lowest BCUT2D eigenvalue weighted by Gasteiger charge is -2.04. The van der Waals surface area contributed by atoms with Gasteiger partial charge >= 0.3 is 0 Å². The molecule has 0 radical (unpaired) electrons. The Morgan fingerprint density at radius 3 is 2.96 bits per heavy atom. The first-order chi connectivity index (χ1) is 11.0. The number of benzene rings is 1. The molecule has 7 nitrogen and oxygen atoms in total. The minimum atomic E-state index is -0.296. The van der Waals surface area contributed by atoms with Gasteiger partial charge in [0.1, 0.15) is 18.1 Å². The molecule has 0 spiro atoms. The van der Waals surface area contributed by atoms with Gasteiger partial charge in [-0.05, 0) is 18.2 Å². The van der Waals surface area contributed by atoms with Gasteiger partial charge in [-0.15, -0.1) is 10.2 Å². The van der Waals surface area contributed by atoms with Crippen LogP contribution in [-0.4, -0.2) is 32.2 Å². The molecule has 0 unspecified atom stereocenters. The van der Waals surface area contributed by atoms with E-state index < -0.39 is 0 Å². The van der Waals surface area contributed by atoms with Crippen molar-refractivity contribution in [3.8, 4) is 0 Å². The number of imidazole rings is 1. The molecule has 2 heterocycles. The molecule has 0 aliphatic carbocycles. The van der Waals surface area contributed by atoms with E-state index in [9.17, 15) is 9.18 Å². The minimum absolute atomic E-state index is 0.0502. The average molecular weight is 317 g/mol. The van der Waals surface area contributed by atoms with Crippen LogP contribution in [0.4, 0.5) is 4.39 Å². The fourth-order valence-corrected chi connectivity index (χ4v) is 2.36. The summed E-state index contributed by atoms with van der Waals surface area (Å²) in [5.41, 5.74) is 1.46. The number of fused-ring (bicyclic) bond motifs is 1. The number of rotatable bonds is 5. The monoisotopic (exact) mass is 317 g/mol. The summed E-state index contributed by atoms with van der Waals surface area (Å²) >= 11 is 0. The molecule has 1 amide bonds. The molecule has 0 aliphatic heterocycles. The Balaban J connectivity index is 1.58. The summed E-state index contributed by atoms with van der Waals surface area (Å²) in [6.07, 6.45) is 0.593. The van der Waals surface area contributed by atoms with Gasteiger partial charge in [-0.3, -0.25) is 4.79 Å². The number of hydrogen-bond acceptors (Lipinski definition) is 5. The average Bonchev–Trinajstić information content (AvgIpc) is 3.04. The molecule has 2 aromatic heterocycles. The fraction of sp³-hybridized carbons (Fsp3) is 0.333. The van der Waals surface area contributed by atoms with Gasteiger partial charge in [-0.1, -0.05) is 0 Å². The van der Waals surface area contributed by atoms with Gasteiger partial charge < -0.3 is 14.3 Å². The first-order valence-corrected chi connectivity index (χ1v) is 7.19. The van der Waals surface area contributed by atoms with Crippen LogP contribution in [0.3, 0.4) is 0 Å². The van der Waals surface area contributed by atoms with E-state index in [4.69, 9.17) is 4.42 Å². The van der Waals surface area contributed by atoms with Gasteiger partial charge in [0.05, 0.1) is 11.0 Å². The second-order valence-corrected chi connectivity index (χ2v) is 5.21. The van der Waals surface area contributed by atoms with Gasteiger partial charge in [-0.2, -0.15) is 0 Å². The SMILES string of the molecule is Cc1nnc(CC(=O)NCCc2nc3ccc(F)cc3n2C)o1. The Hall–Kier alpha value is -2.77. The van der Waals surface area contributed by atoms with E-state index in [1.54, 1.807) is 13.0 Å². The highest BCUT2D eigenvalue weighted by atomic mass is 19.1. The molecule has 0 saturated carbocycles. The molecule has 0 saturated heterocycles. The van der Waals surface area contributed by atoms with Crippen LogP contribution in [-0.2, 0) is 24.7 Å². The van der Waals surface area contributed by atoms with Crippen molar-refractivity contribution < 1.29 is 13.6 Å². The van der Waals surface area contributed by atoms with Crippen LogP contribution in [0.2, 0.25) is 0 Å². The van der Waals surface area contributed by atoms with E-state index >= 15 is 0 Å². The van der Waals surface area contributed by atoms with Crippen LogP contribution in [0, 0.1) is 12.7 Å². The molecular formula is C15H16FN5O2. The zero-order chi connectivity index (χ0) is 16.4. The maximum atomic E-state index is 13.3. The van der Waals surface area contributed by atoms with Gasteiger partial charge in [0.15, 0.2) is 0 Å². The third-order valence-electron chi connectivity index (χ3n) is 3.49. The van der Waals surface area contributed by atoms with E-state index in [1.165, 1.54) is 12.1 Å². The number of hydrogen-bond donors (Lipinski definition) is 1. The molecule has 120 valence electrons. The normalized spacial score (nSPS) is 11.1. The van der Waals surface area contributed by atoms with Crippen molar-refractivity contribution in [1.82, 2.24) is 25.1 Å². The van der Waals surface area contributed by atoms with Crippen LogP contribution in [0.5, 0.6) is 0 Å². The number of aromatic nitrogens is 4. The number of carbonyl (C=O) groups is 1. The van der Waals surface area contributed by atoms with Crippen LogP contribution in [0.25, 0.3) is 11.0 Å². The molecule has 8 heteroatoms. The summed E-state index contributed by atoms with van der Waals surface area (Å²) in [4.78, 5) is 16.2. The van der Waals surface area contributed by atoms with Crippen molar-refractivity contribution in [3.05, 3.63) is 41.6 Å². The Morgan fingerprint density at radius 1 is 1.39 bits per heavy atom. The molecule has 0 bridgehead atoms. The Bertz CT molecular complexity index is 855. The van der Waals surface area contributed by atoms with E-state index in [-0.39, 0.29) is 18.1 Å². The van der Waals surface area contributed by atoms with Crippen molar-refractivity contribution in [2.75, 3.05) is 6.54 Å². The lowest BCUT2D eigenvalue weighted by Crippen LogP contribution is -2.27. The largest absolute Gasteiger partial charge is 0.425 e. The molecule has 23 heavy (non-hydrogen) atoms. The van der Waals surface area contributed by atoms with Gasteiger partial charge in [0, 0.05) is 26.9 Å². The predicted molar refractivity (Wildman–Crippen MR) is 80.1 cm³/mol. The third-order valence-corrected chi connectivity index (χ3v) is 3.49. The Morgan fingerprint density at radius 2 is 2.22 bits per heavy atom. The van der Waals surface area contributed by atoms with Gasteiger partial charge in [0.25, 0.3) is 0 Å². The predicted octanol–water partition coefficient (Wildman–Crippen LogP) is 1.31. The fourth-order valence-electron chi connectivity index (χ4n) is 2.36. The van der Waals surface area contributed by atoms with E-state index in [0.717, 1.165) is 16.9 Å². The lowest BCUT2D eigenvalue weighted by molar-refractivity contribution is -0.120. The maximum absolute atomic E-state index is 13.3. The second kappa shape index (κ2) is 6.15. The number of amides is 1. The molecule has 3 aromatic rings. The number of aryl methyl sites for hydroxylation is 2. The van der Waals surface area contributed by atoms with Gasteiger partial charge in [0.2, 0.25) is 17.7 Å². The quantitative estimate of drug-likeness (QED) is 0.766. The van der Waals surface area contributed by atoms with Crippen molar-refractivity contribution in [2.24, 2.45) is 7.05 Å². The van der Waals surface area contributed by atoms with Crippen LogP contribution < -0.4 is 5.32 Å². The summed E-state index contributed by atoms with van der Waals surface area (Å²) in [5, 5.41) is 10.2. The molecule has 0 fully saturated rings. The number of halogens is 1. The first-order valence-electron chi connectivity index (χ1n) is 7.19. The third kappa shape index (κ3) is 3.36. The highest BCUT2D eigenvalue weighted by molar-refractivity contribution is 5.77. The summed E-state index contributed by atoms with van der Waals surface area (Å²) in [6.45, 7) is 2.09. The standard InChI is InChI=1S/C15H16FN5O2/c1-9-19-20-15(23-9)8-14(22)17-6-5-13-18-11-4-3-10(16)7-12(11)21(13)2/h3-4,7H,5-6,8H2,1-2H3,(H,17,22). The topological polar surface area (TPSA) is 85.8 Å². The number of nitrogens with zero attached hydrogens (tertiary/aromatic N) is 4. The highest BCUT2D eigenvalue weighted by Gasteiger charge is 2.11. The highest BCUT2D eigenvalue weighted by Crippen LogP contribution is 2.16. The molecule has 1 N–H and O–H groups in total. The van der Waals surface area contributed by atoms with Crippen molar-refractivity contribution in [2.45, 2.75) is 19.8 Å². The first kappa shape index (κ1) is 15.1. The molecule has 1 aromatic carbocycles. The molecule has 0 aliphatic rings. The van der Waals surface area contributed by atoms with Crippen LogP contribution >= 0.6 is 0 Å². The number of nitrogens with one attached hydrogen (secondary N) is 1. The van der Waals surface area contributed by atoms with Crippen LogP contribution in [0.15, 0.2) is 22.6 Å². The van der Waals surface area contributed by atoms with Crippen molar-refractivity contribution in [1.29, 1.82) is 0 Å². The van der Waals surface area contributed by atoms with Crippen molar-refractivity contribution in [3.63, 3.8) is 0 Å². The van der Waals surface area contributed by atoms with E-state index in [0.29, 0.717) is 24.7 Å². The molecule has 3 rings (SSSR count). The van der Waals surface area contributed by atoms with Gasteiger partial charge in [-0.25, -0.2) is 9.37 Å². The lowest BCUT2D eigenvalue weighted by atomic mass is 10.3. The van der Waals surface area contributed by atoms with E-state index in [1.807, 2.05) is 11.6 Å². The van der Waals surface area contributed by atoms with E-state index in [2.05, 4.69) is 20.5 Å². The molecular weight excluding hydrogens is 301 g/mol. The second-order valence-electron chi connectivity index (χ2n) is 5.21. The summed E-state index contributed by atoms with van der Waals surface area (Å²) < 4.78 is 20.3. The summed E-state index contributed by atoms with van der Waals surface area (Å²) in [6, 6.07) is 4.47. The minimum Gasteiger partial charge on any atom is -0.425 e. The van der Waals surface area contributed by atoms with Crippen LogP contribution in [0.1, 0.15) is 17.6 Å². The summed E-state index contributed by atoms with van der Waals surface area (Å²) in [5.74, 6) is 1.01. The zero-order valence-electron chi connectivity index (χ0n) is 12.8. The smallest absolute Gasteiger partial charge is 0.229 e. The molecule has 0 atom stereocenters. The van der Waals surface area contributed by atoms with Crippen molar-refractivity contribution >= 4 is 16.9 Å². The Kier molecular flexibility index (Phi) is 4.05. The number of carbonyl (C=O) groups excluding carboxylic acids is 1. The maximum Gasteiger partial charge on any atom is 0.229 e.